The Kier molecular flexibility index (Phi) is 4.12. The molecule has 0 bridgehead atoms. The number of rotatable bonds is 3. The number of amides is 1. The summed E-state index contributed by atoms with van der Waals surface area (Å²) in [6.45, 7) is 3.73. The fraction of sp³-hybridized carbons (Fsp3) is 0.364. The molecule has 4 heteroatoms. The number of hydrogen-bond donors (Lipinski definition) is 2. The number of carbonyl (C=O) groups is 1. The molecule has 0 aromatic heterocycles. The van der Waals surface area contributed by atoms with Crippen molar-refractivity contribution >= 4 is 17.5 Å². The van der Waals surface area contributed by atoms with E-state index in [1.807, 2.05) is 6.92 Å². The molecular formula is C11H14ClNO2. The quantitative estimate of drug-likeness (QED) is 0.827. The van der Waals surface area contributed by atoms with Gasteiger partial charge < -0.3 is 10.4 Å². The molecule has 0 heterocycles. The van der Waals surface area contributed by atoms with Gasteiger partial charge in [-0.1, -0.05) is 17.7 Å². The molecule has 1 aromatic carbocycles. The zero-order valence-corrected chi connectivity index (χ0v) is 9.51. The fourth-order valence-electron chi connectivity index (χ4n) is 1.08. The molecule has 0 fully saturated rings. The van der Waals surface area contributed by atoms with Gasteiger partial charge in [-0.15, -0.1) is 0 Å². The summed E-state index contributed by atoms with van der Waals surface area (Å²) in [5.41, 5.74) is 1.44. The molecule has 0 aliphatic heterocycles. The molecule has 2 N–H and O–H groups in total. The Hall–Kier alpha value is -1.06. The standard InChI is InChI=1S/C11H14ClNO2/c1-7-3-4-9(5-10(7)12)11(15)13-6-8(2)14/h3-5,8,14H,6H2,1-2H3,(H,13,15). The van der Waals surface area contributed by atoms with E-state index in [4.69, 9.17) is 16.7 Å². The average molecular weight is 228 g/mol. The van der Waals surface area contributed by atoms with E-state index in [-0.39, 0.29) is 12.5 Å². The third-order valence-electron chi connectivity index (χ3n) is 1.99. The number of benzene rings is 1. The van der Waals surface area contributed by atoms with Crippen LogP contribution in [-0.4, -0.2) is 23.7 Å². The van der Waals surface area contributed by atoms with Crippen LogP contribution in [0.15, 0.2) is 18.2 Å². The Morgan fingerprint density at radius 2 is 2.27 bits per heavy atom. The number of carbonyl (C=O) groups excluding carboxylic acids is 1. The molecule has 1 amide bonds. The third-order valence-corrected chi connectivity index (χ3v) is 2.40. The fourth-order valence-corrected chi connectivity index (χ4v) is 1.26. The lowest BCUT2D eigenvalue weighted by Crippen LogP contribution is -2.30. The maximum Gasteiger partial charge on any atom is 0.251 e. The van der Waals surface area contributed by atoms with E-state index < -0.39 is 6.10 Å². The van der Waals surface area contributed by atoms with Crippen molar-refractivity contribution in [2.45, 2.75) is 20.0 Å². The molecule has 1 rings (SSSR count). The summed E-state index contributed by atoms with van der Waals surface area (Å²) in [5, 5.41) is 12.2. The SMILES string of the molecule is Cc1ccc(C(=O)NCC(C)O)cc1Cl. The van der Waals surface area contributed by atoms with Gasteiger partial charge in [0.25, 0.3) is 5.91 Å². The van der Waals surface area contributed by atoms with Gasteiger partial charge in [0.15, 0.2) is 0 Å². The lowest BCUT2D eigenvalue weighted by atomic mass is 10.1. The van der Waals surface area contributed by atoms with Gasteiger partial charge in [0, 0.05) is 17.1 Å². The minimum absolute atomic E-state index is 0.224. The summed E-state index contributed by atoms with van der Waals surface area (Å²) in [6, 6.07) is 5.12. The molecule has 0 aliphatic carbocycles. The second kappa shape index (κ2) is 5.14. The van der Waals surface area contributed by atoms with Gasteiger partial charge in [-0.25, -0.2) is 0 Å². The second-order valence-electron chi connectivity index (χ2n) is 3.52. The van der Waals surface area contributed by atoms with Crippen molar-refractivity contribution < 1.29 is 9.90 Å². The van der Waals surface area contributed by atoms with Crippen molar-refractivity contribution in [3.05, 3.63) is 34.3 Å². The molecule has 0 saturated carbocycles. The normalized spacial score (nSPS) is 12.3. The molecule has 1 atom stereocenters. The van der Waals surface area contributed by atoms with Gasteiger partial charge in [0.05, 0.1) is 6.10 Å². The van der Waals surface area contributed by atoms with Crippen molar-refractivity contribution in [2.24, 2.45) is 0 Å². The summed E-state index contributed by atoms with van der Waals surface area (Å²) in [4.78, 5) is 11.5. The Labute approximate surface area is 94.1 Å². The summed E-state index contributed by atoms with van der Waals surface area (Å²) >= 11 is 5.89. The Bertz CT molecular complexity index is 364. The molecule has 0 spiro atoms. The minimum atomic E-state index is -0.546. The third kappa shape index (κ3) is 3.53. The summed E-state index contributed by atoms with van der Waals surface area (Å²) < 4.78 is 0. The predicted octanol–water partition coefficient (Wildman–Crippen LogP) is 1.76. The van der Waals surface area contributed by atoms with Crippen LogP contribution in [0.1, 0.15) is 22.8 Å². The maximum atomic E-state index is 11.5. The van der Waals surface area contributed by atoms with E-state index in [1.54, 1.807) is 25.1 Å². The van der Waals surface area contributed by atoms with E-state index in [0.29, 0.717) is 10.6 Å². The highest BCUT2D eigenvalue weighted by Crippen LogP contribution is 2.16. The van der Waals surface area contributed by atoms with Gasteiger partial charge in [-0.3, -0.25) is 4.79 Å². The lowest BCUT2D eigenvalue weighted by Gasteiger charge is -2.07. The monoisotopic (exact) mass is 227 g/mol. The van der Waals surface area contributed by atoms with Crippen LogP contribution in [0.2, 0.25) is 5.02 Å². The number of aryl methyl sites for hydroxylation is 1. The van der Waals surface area contributed by atoms with E-state index in [1.165, 1.54) is 0 Å². The predicted molar refractivity (Wildman–Crippen MR) is 60.2 cm³/mol. The highest BCUT2D eigenvalue weighted by Gasteiger charge is 2.07. The molecule has 0 aliphatic rings. The van der Waals surface area contributed by atoms with Crippen LogP contribution < -0.4 is 5.32 Å². The number of hydrogen-bond acceptors (Lipinski definition) is 2. The van der Waals surface area contributed by atoms with Crippen LogP contribution in [0.4, 0.5) is 0 Å². The number of aliphatic hydroxyl groups is 1. The minimum Gasteiger partial charge on any atom is -0.392 e. The number of aliphatic hydroxyl groups excluding tert-OH is 1. The molecule has 0 saturated heterocycles. The first-order chi connectivity index (χ1) is 7.00. The molecule has 15 heavy (non-hydrogen) atoms. The molecule has 1 aromatic rings. The van der Waals surface area contributed by atoms with Crippen LogP contribution in [0.3, 0.4) is 0 Å². The maximum absolute atomic E-state index is 11.5. The first-order valence-electron chi connectivity index (χ1n) is 4.73. The van der Waals surface area contributed by atoms with E-state index in [0.717, 1.165) is 5.56 Å². The molecule has 1 unspecified atom stereocenters. The van der Waals surface area contributed by atoms with E-state index in [2.05, 4.69) is 5.32 Å². The highest BCUT2D eigenvalue weighted by atomic mass is 35.5. The first-order valence-corrected chi connectivity index (χ1v) is 5.11. The van der Waals surface area contributed by atoms with Crippen molar-refractivity contribution in [1.82, 2.24) is 5.32 Å². The summed E-state index contributed by atoms with van der Waals surface area (Å²) in [5.74, 6) is -0.224. The van der Waals surface area contributed by atoms with Gasteiger partial charge >= 0.3 is 0 Å². The smallest absolute Gasteiger partial charge is 0.251 e. The van der Waals surface area contributed by atoms with E-state index in [9.17, 15) is 4.79 Å². The van der Waals surface area contributed by atoms with Crippen molar-refractivity contribution in [2.75, 3.05) is 6.54 Å². The molecule has 82 valence electrons. The van der Waals surface area contributed by atoms with Crippen molar-refractivity contribution in [1.29, 1.82) is 0 Å². The summed E-state index contributed by atoms with van der Waals surface area (Å²) in [6.07, 6.45) is -0.546. The van der Waals surface area contributed by atoms with Crippen LogP contribution in [0.5, 0.6) is 0 Å². The van der Waals surface area contributed by atoms with Crippen LogP contribution >= 0.6 is 11.6 Å². The first kappa shape index (κ1) is 12.0. The zero-order valence-electron chi connectivity index (χ0n) is 8.75. The Morgan fingerprint density at radius 3 is 2.80 bits per heavy atom. The average Bonchev–Trinajstić information content (AvgIpc) is 2.18. The van der Waals surface area contributed by atoms with Gasteiger partial charge in [-0.05, 0) is 31.5 Å². The van der Waals surface area contributed by atoms with Crippen LogP contribution in [0, 0.1) is 6.92 Å². The molecule has 3 nitrogen and oxygen atoms in total. The molecular weight excluding hydrogens is 214 g/mol. The Balaban J connectivity index is 2.70. The van der Waals surface area contributed by atoms with Crippen molar-refractivity contribution in [3.8, 4) is 0 Å². The van der Waals surface area contributed by atoms with Crippen LogP contribution in [-0.2, 0) is 0 Å². The second-order valence-corrected chi connectivity index (χ2v) is 3.93. The number of nitrogens with one attached hydrogen (secondary N) is 1. The largest absolute Gasteiger partial charge is 0.392 e. The number of halogens is 1. The van der Waals surface area contributed by atoms with Gasteiger partial charge in [-0.2, -0.15) is 0 Å². The van der Waals surface area contributed by atoms with E-state index >= 15 is 0 Å². The topological polar surface area (TPSA) is 49.3 Å². The summed E-state index contributed by atoms with van der Waals surface area (Å²) in [7, 11) is 0. The van der Waals surface area contributed by atoms with Gasteiger partial charge in [0.2, 0.25) is 0 Å². The lowest BCUT2D eigenvalue weighted by molar-refractivity contribution is 0.0924. The Morgan fingerprint density at radius 1 is 1.60 bits per heavy atom. The zero-order chi connectivity index (χ0) is 11.4. The van der Waals surface area contributed by atoms with Crippen molar-refractivity contribution in [3.63, 3.8) is 0 Å². The highest BCUT2D eigenvalue weighted by molar-refractivity contribution is 6.31. The molecule has 0 radical (unpaired) electrons. The van der Waals surface area contributed by atoms with Crippen LogP contribution in [0.25, 0.3) is 0 Å². The van der Waals surface area contributed by atoms with Gasteiger partial charge in [0.1, 0.15) is 0 Å².